The van der Waals surface area contributed by atoms with Crippen molar-refractivity contribution in [2.75, 3.05) is 5.32 Å². The maximum absolute atomic E-state index is 13.2. The first kappa shape index (κ1) is 19.4. The van der Waals surface area contributed by atoms with Crippen LogP contribution in [0.4, 0.5) is 5.82 Å². The summed E-state index contributed by atoms with van der Waals surface area (Å²) in [6.07, 6.45) is 2.37. The highest BCUT2D eigenvalue weighted by Gasteiger charge is 2.28. The lowest BCUT2D eigenvalue weighted by Gasteiger charge is -2.21. The molecule has 0 saturated carbocycles. The molecule has 0 atom stereocenters. The Morgan fingerprint density at radius 3 is 2.67 bits per heavy atom. The molecule has 1 aliphatic rings. The maximum Gasteiger partial charge on any atom is 0.261 e. The number of aryl methyl sites for hydroxylation is 2. The largest absolute Gasteiger partial charge is 0.328 e. The highest BCUT2D eigenvalue weighted by Crippen LogP contribution is 2.36. The lowest BCUT2D eigenvalue weighted by molar-refractivity contribution is -0.116. The molecule has 0 aliphatic carbocycles. The number of nitrogens with zero attached hydrogens (tertiary/aromatic N) is 4. The summed E-state index contributed by atoms with van der Waals surface area (Å²) in [7, 11) is 0. The SMILES string of the molecule is Cc1cccnc1NC(=O)Cn1c2c(c3ccccc31)CCn1c-2nc2ccccc2c1=O. The fourth-order valence-corrected chi connectivity index (χ4v) is 4.76. The number of hydrogen-bond donors (Lipinski definition) is 1. The number of carbonyl (C=O) groups excluding carboxylic acids is 1. The molecule has 33 heavy (non-hydrogen) atoms. The number of nitrogens with one attached hydrogen (secondary N) is 1. The predicted molar refractivity (Wildman–Crippen MR) is 128 cm³/mol. The van der Waals surface area contributed by atoms with Crippen molar-refractivity contribution in [3.05, 3.63) is 88.3 Å². The molecule has 2 aromatic carbocycles. The maximum atomic E-state index is 13.2. The van der Waals surface area contributed by atoms with E-state index in [-0.39, 0.29) is 18.0 Å². The van der Waals surface area contributed by atoms with Crippen molar-refractivity contribution < 1.29 is 4.79 Å². The summed E-state index contributed by atoms with van der Waals surface area (Å²) in [5.41, 5.74) is 4.41. The second kappa shape index (κ2) is 7.41. The van der Waals surface area contributed by atoms with Gasteiger partial charge in [0.2, 0.25) is 5.91 Å². The summed E-state index contributed by atoms with van der Waals surface area (Å²) in [5, 5.41) is 4.62. The number of hydrogen-bond acceptors (Lipinski definition) is 4. The molecule has 162 valence electrons. The highest BCUT2D eigenvalue weighted by atomic mass is 16.2. The van der Waals surface area contributed by atoms with Crippen molar-refractivity contribution in [2.24, 2.45) is 0 Å². The van der Waals surface area contributed by atoms with Crippen LogP contribution < -0.4 is 10.9 Å². The van der Waals surface area contributed by atoms with Crippen LogP contribution in [0.25, 0.3) is 33.3 Å². The van der Waals surface area contributed by atoms with Crippen LogP contribution in [0.1, 0.15) is 11.1 Å². The zero-order valence-electron chi connectivity index (χ0n) is 18.1. The number of aromatic nitrogens is 4. The first-order valence-electron chi connectivity index (χ1n) is 10.9. The summed E-state index contributed by atoms with van der Waals surface area (Å²) in [5.74, 6) is 0.979. The lowest BCUT2D eigenvalue weighted by Crippen LogP contribution is -2.29. The Balaban J connectivity index is 1.53. The van der Waals surface area contributed by atoms with Crippen LogP contribution in [-0.2, 0) is 24.3 Å². The normalized spacial score (nSPS) is 12.5. The fourth-order valence-electron chi connectivity index (χ4n) is 4.76. The van der Waals surface area contributed by atoms with E-state index < -0.39 is 0 Å². The third-order valence-electron chi connectivity index (χ3n) is 6.30. The second-order valence-electron chi connectivity index (χ2n) is 8.31. The third kappa shape index (κ3) is 3.04. The van der Waals surface area contributed by atoms with Crippen LogP contribution in [-0.4, -0.2) is 25.0 Å². The number of fused-ring (bicyclic) bond motifs is 6. The van der Waals surface area contributed by atoms with Crippen molar-refractivity contribution in [1.82, 2.24) is 19.1 Å². The monoisotopic (exact) mass is 435 g/mol. The van der Waals surface area contributed by atoms with Gasteiger partial charge in [-0.05, 0) is 48.7 Å². The zero-order valence-corrected chi connectivity index (χ0v) is 18.1. The number of pyridine rings is 1. The van der Waals surface area contributed by atoms with Gasteiger partial charge in [0.1, 0.15) is 12.4 Å². The van der Waals surface area contributed by atoms with Crippen molar-refractivity contribution in [3.8, 4) is 11.5 Å². The smallest absolute Gasteiger partial charge is 0.261 e. The molecule has 4 heterocycles. The molecule has 1 aliphatic heterocycles. The molecule has 1 amide bonds. The van der Waals surface area contributed by atoms with Gasteiger partial charge in [-0.1, -0.05) is 36.4 Å². The van der Waals surface area contributed by atoms with Gasteiger partial charge in [-0.3, -0.25) is 14.2 Å². The van der Waals surface area contributed by atoms with Crippen molar-refractivity contribution >= 4 is 33.5 Å². The van der Waals surface area contributed by atoms with E-state index in [1.54, 1.807) is 10.8 Å². The molecule has 3 aromatic heterocycles. The Bertz CT molecular complexity index is 1630. The minimum Gasteiger partial charge on any atom is -0.328 e. The average molecular weight is 435 g/mol. The number of para-hydroxylation sites is 2. The van der Waals surface area contributed by atoms with E-state index in [1.165, 1.54) is 0 Å². The topological polar surface area (TPSA) is 81.8 Å². The second-order valence-corrected chi connectivity index (χ2v) is 8.31. The number of benzene rings is 2. The van der Waals surface area contributed by atoms with Crippen LogP contribution in [0.5, 0.6) is 0 Å². The summed E-state index contributed by atoms with van der Waals surface area (Å²) in [4.78, 5) is 35.5. The average Bonchev–Trinajstić information content (AvgIpc) is 3.15. The van der Waals surface area contributed by atoms with E-state index in [1.807, 2.05) is 66.1 Å². The Morgan fingerprint density at radius 1 is 1.03 bits per heavy atom. The molecule has 0 saturated heterocycles. The zero-order chi connectivity index (χ0) is 22.5. The van der Waals surface area contributed by atoms with Gasteiger partial charge < -0.3 is 9.88 Å². The first-order chi connectivity index (χ1) is 16.1. The predicted octanol–water partition coefficient (Wildman–Crippen LogP) is 3.92. The Kier molecular flexibility index (Phi) is 4.36. The standard InChI is InChI=1S/C26H21N5O2/c1-16-7-6-13-27-24(16)29-22(32)15-31-21-11-5-3-8-17(21)18-12-14-30-25(23(18)31)28-20-10-4-2-9-19(20)26(30)33/h2-11,13H,12,14-15H2,1H3,(H,27,29,32). The Hall–Kier alpha value is -4.26. The van der Waals surface area contributed by atoms with Crippen LogP contribution in [0.2, 0.25) is 0 Å². The lowest BCUT2D eigenvalue weighted by atomic mass is 10.0. The molecular formula is C26H21N5O2. The van der Waals surface area contributed by atoms with Gasteiger partial charge in [0.15, 0.2) is 5.82 Å². The minimum absolute atomic E-state index is 0.0494. The summed E-state index contributed by atoms with van der Waals surface area (Å²) < 4.78 is 3.71. The van der Waals surface area contributed by atoms with Crippen LogP contribution in [0.15, 0.2) is 71.7 Å². The van der Waals surface area contributed by atoms with Crippen LogP contribution >= 0.6 is 0 Å². The molecule has 7 heteroatoms. The molecule has 0 bridgehead atoms. The first-order valence-corrected chi connectivity index (χ1v) is 10.9. The number of anilines is 1. The highest BCUT2D eigenvalue weighted by molar-refractivity contribution is 5.96. The number of carbonyl (C=O) groups is 1. The van der Waals surface area contributed by atoms with Gasteiger partial charge in [0.05, 0.1) is 16.6 Å². The van der Waals surface area contributed by atoms with Crippen LogP contribution in [0.3, 0.4) is 0 Å². The number of rotatable bonds is 3. The van der Waals surface area contributed by atoms with Crippen molar-refractivity contribution in [2.45, 2.75) is 26.4 Å². The van der Waals surface area contributed by atoms with Crippen LogP contribution in [0, 0.1) is 6.92 Å². The summed E-state index contributed by atoms with van der Waals surface area (Å²) >= 11 is 0. The van der Waals surface area contributed by atoms with Crippen molar-refractivity contribution in [1.29, 1.82) is 0 Å². The van der Waals surface area contributed by atoms with E-state index in [0.717, 1.165) is 27.7 Å². The van der Waals surface area contributed by atoms with Gasteiger partial charge in [-0.25, -0.2) is 9.97 Å². The minimum atomic E-state index is -0.180. The molecule has 0 radical (unpaired) electrons. The Morgan fingerprint density at radius 2 is 1.82 bits per heavy atom. The van der Waals surface area contributed by atoms with Gasteiger partial charge >= 0.3 is 0 Å². The molecule has 0 unspecified atom stereocenters. The van der Waals surface area contributed by atoms with E-state index in [2.05, 4.69) is 16.4 Å². The fraction of sp³-hybridized carbons (Fsp3) is 0.154. The van der Waals surface area contributed by atoms with Gasteiger partial charge in [-0.2, -0.15) is 0 Å². The van der Waals surface area contributed by atoms with Gasteiger partial charge in [0.25, 0.3) is 5.56 Å². The quantitative estimate of drug-likeness (QED) is 0.466. The number of amides is 1. The molecule has 7 nitrogen and oxygen atoms in total. The van der Waals surface area contributed by atoms with E-state index in [9.17, 15) is 9.59 Å². The van der Waals surface area contributed by atoms with E-state index in [4.69, 9.17) is 4.98 Å². The molecule has 0 fully saturated rings. The Labute approximate surface area is 189 Å². The van der Waals surface area contributed by atoms with Crippen molar-refractivity contribution in [3.63, 3.8) is 0 Å². The molecule has 5 aromatic rings. The third-order valence-corrected chi connectivity index (χ3v) is 6.30. The van der Waals surface area contributed by atoms with E-state index >= 15 is 0 Å². The van der Waals surface area contributed by atoms with E-state index in [0.29, 0.717) is 35.5 Å². The summed E-state index contributed by atoms with van der Waals surface area (Å²) in [6.45, 7) is 2.56. The molecular weight excluding hydrogens is 414 g/mol. The molecule has 1 N–H and O–H groups in total. The molecule has 0 spiro atoms. The van der Waals surface area contributed by atoms with Gasteiger partial charge in [-0.15, -0.1) is 0 Å². The van der Waals surface area contributed by atoms with Gasteiger partial charge in [0, 0.05) is 23.6 Å². The molecule has 6 rings (SSSR count). The summed E-state index contributed by atoms with van der Waals surface area (Å²) in [6, 6.07) is 19.2.